The van der Waals surface area contributed by atoms with E-state index in [4.69, 9.17) is 11.6 Å². The number of carbonyl (C=O) groups is 1. The van der Waals surface area contributed by atoms with Gasteiger partial charge >= 0.3 is 6.03 Å². The van der Waals surface area contributed by atoms with Gasteiger partial charge in [-0.2, -0.15) is 4.37 Å². The summed E-state index contributed by atoms with van der Waals surface area (Å²) in [5.41, 5.74) is 1.80. The first-order valence-electron chi connectivity index (χ1n) is 6.24. The van der Waals surface area contributed by atoms with Gasteiger partial charge < -0.3 is 4.90 Å². The number of carbonyl (C=O) groups excluding carboxylic acids is 1. The van der Waals surface area contributed by atoms with Crippen LogP contribution in [-0.2, 0) is 0 Å². The second kappa shape index (κ2) is 6.24. The van der Waals surface area contributed by atoms with Crippen molar-refractivity contribution in [2.24, 2.45) is 0 Å². The lowest BCUT2D eigenvalue weighted by molar-refractivity contribution is 0.211. The fraction of sp³-hybridized carbons (Fsp3) is 0.286. The van der Waals surface area contributed by atoms with E-state index in [9.17, 15) is 4.79 Å². The highest BCUT2D eigenvalue weighted by Gasteiger charge is 2.13. The first-order valence-corrected chi connectivity index (χ1v) is 7.39. The van der Waals surface area contributed by atoms with Crippen molar-refractivity contribution in [1.29, 1.82) is 0 Å². The summed E-state index contributed by atoms with van der Waals surface area (Å²) >= 11 is 7.12. The molecule has 1 N–H and O–H groups in total. The maximum atomic E-state index is 11.9. The van der Waals surface area contributed by atoms with Crippen molar-refractivity contribution in [3.8, 4) is 11.3 Å². The molecule has 2 aromatic rings. The zero-order valence-corrected chi connectivity index (χ0v) is 13.1. The third kappa shape index (κ3) is 3.49. The Morgan fingerprint density at radius 3 is 2.60 bits per heavy atom. The van der Waals surface area contributed by atoms with Crippen molar-refractivity contribution in [1.82, 2.24) is 9.27 Å². The minimum atomic E-state index is -0.133. The van der Waals surface area contributed by atoms with Crippen molar-refractivity contribution >= 4 is 34.2 Å². The first kappa shape index (κ1) is 14.8. The number of halogens is 1. The maximum absolute atomic E-state index is 11.9. The Balaban J connectivity index is 2.09. The molecule has 2 amide bonds. The van der Waals surface area contributed by atoms with Crippen LogP contribution in [-0.4, -0.2) is 28.4 Å². The van der Waals surface area contributed by atoms with Crippen LogP contribution in [0.5, 0.6) is 0 Å². The Hall–Kier alpha value is -1.59. The minimum absolute atomic E-state index is 0.133. The van der Waals surface area contributed by atoms with Crippen molar-refractivity contribution < 1.29 is 4.79 Å². The van der Waals surface area contributed by atoms with Crippen molar-refractivity contribution in [3.05, 3.63) is 35.4 Å². The summed E-state index contributed by atoms with van der Waals surface area (Å²) in [5.74, 6) is 0. The second-order valence-electron chi connectivity index (χ2n) is 4.72. The average molecular weight is 310 g/mol. The lowest BCUT2D eigenvalue weighted by Gasteiger charge is -2.21. The van der Waals surface area contributed by atoms with Crippen molar-refractivity contribution in [2.75, 3.05) is 12.4 Å². The van der Waals surface area contributed by atoms with Gasteiger partial charge in [0.1, 0.15) is 5.00 Å². The van der Waals surface area contributed by atoms with Gasteiger partial charge in [-0.3, -0.25) is 5.32 Å². The Bertz CT molecular complexity index is 595. The van der Waals surface area contributed by atoms with Gasteiger partial charge in [-0.25, -0.2) is 4.79 Å². The molecule has 0 aliphatic carbocycles. The summed E-state index contributed by atoms with van der Waals surface area (Å²) < 4.78 is 4.34. The first-order chi connectivity index (χ1) is 9.47. The molecule has 0 bridgehead atoms. The number of nitrogens with zero attached hydrogens (tertiary/aromatic N) is 2. The SMILES string of the molecule is CC(C)N(C)C(=O)Nc1cc(-c2ccc(Cl)cc2)ns1. The van der Waals surface area contributed by atoms with Crippen LogP contribution in [0.25, 0.3) is 11.3 Å². The molecular weight excluding hydrogens is 294 g/mol. The number of amides is 2. The molecule has 0 fully saturated rings. The van der Waals surface area contributed by atoms with Gasteiger partial charge in [-0.15, -0.1) is 0 Å². The van der Waals surface area contributed by atoms with Gasteiger partial charge in [0.15, 0.2) is 0 Å². The van der Waals surface area contributed by atoms with Gasteiger partial charge in [0.25, 0.3) is 0 Å². The van der Waals surface area contributed by atoms with Crippen LogP contribution in [0.2, 0.25) is 5.02 Å². The predicted octanol–water partition coefficient (Wildman–Crippen LogP) is 4.34. The summed E-state index contributed by atoms with van der Waals surface area (Å²) in [7, 11) is 1.77. The summed E-state index contributed by atoms with van der Waals surface area (Å²) in [6.07, 6.45) is 0. The quantitative estimate of drug-likeness (QED) is 0.917. The van der Waals surface area contributed by atoms with Gasteiger partial charge in [0.2, 0.25) is 0 Å². The molecule has 0 saturated carbocycles. The van der Waals surface area contributed by atoms with Crippen LogP contribution in [0.15, 0.2) is 30.3 Å². The zero-order chi connectivity index (χ0) is 14.7. The van der Waals surface area contributed by atoms with Crippen molar-refractivity contribution in [2.45, 2.75) is 19.9 Å². The molecule has 6 heteroatoms. The molecule has 0 saturated heterocycles. The molecule has 0 unspecified atom stereocenters. The molecule has 106 valence electrons. The third-order valence-electron chi connectivity index (χ3n) is 2.98. The highest BCUT2D eigenvalue weighted by Crippen LogP contribution is 2.26. The summed E-state index contributed by atoms with van der Waals surface area (Å²) in [6.45, 7) is 3.93. The van der Waals surface area contributed by atoms with E-state index in [0.717, 1.165) is 16.3 Å². The smallest absolute Gasteiger partial charge is 0.322 e. The van der Waals surface area contributed by atoms with Crippen LogP contribution < -0.4 is 5.32 Å². The molecule has 2 rings (SSSR count). The molecule has 20 heavy (non-hydrogen) atoms. The van der Waals surface area contributed by atoms with E-state index in [1.54, 1.807) is 11.9 Å². The molecule has 0 atom stereocenters. The van der Waals surface area contributed by atoms with Crippen LogP contribution >= 0.6 is 23.1 Å². The molecule has 4 nitrogen and oxygen atoms in total. The molecular formula is C14H16ClN3OS. The van der Waals surface area contributed by atoms with Crippen molar-refractivity contribution in [3.63, 3.8) is 0 Å². The molecule has 0 radical (unpaired) electrons. The fourth-order valence-electron chi connectivity index (χ4n) is 1.52. The van der Waals surface area contributed by atoms with E-state index in [2.05, 4.69) is 9.69 Å². The number of anilines is 1. The predicted molar refractivity (Wildman–Crippen MR) is 84.5 cm³/mol. The van der Waals surface area contributed by atoms with E-state index in [1.165, 1.54) is 11.5 Å². The number of rotatable bonds is 3. The van der Waals surface area contributed by atoms with Gasteiger partial charge in [-0.05, 0) is 37.5 Å². The van der Waals surface area contributed by atoms with E-state index < -0.39 is 0 Å². The zero-order valence-electron chi connectivity index (χ0n) is 11.6. The Labute approximate surface area is 127 Å². The highest BCUT2D eigenvalue weighted by atomic mass is 35.5. The van der Waals surface area contributed by atoms with Gasteiger partial charge in [-0.1, -0.05) is 23.7 Å². The number of nitrogens with one attached hydrogen (secondary N) is 1. The van der Waals surface area contributed by atoms with Gasteiger partial charge in [0, 0.05) is 29.7 Å². The standard InChI is InChI=1S/C14H16ClN3OS/c1-9(2)18(3)14(19)16-13-8-12(17-20-13)10-4-6-11(15)7-5-10/h4-9H,1-3H3,(H,16,19). The van der Waals surface area contributed by atoms with Gasteiger partial charge in [0.05, 0.1) is 5.69 Å². The molecule has 0 aliphatic heterocycles. The number of benzene rings is 1. The molecule has 0 aliphatic rings. The summed E-state index contributed by atoms with van der Waals surface area (Å²) in [5, 5.41) is 4.26. The summed E-state index contributed by atoms with van der Waals surface area (Å²) in [6, 6.07) is 9.33. The number of hydrogen-bond donors (Lipinski definition) is 1. The molecule has 1 heterocycles. The summed E-state index contributed by atoms with van der Waals surface area (Å²) in [4.78, 5) is 13.6. The second-order valence-corrected chi connectivity index (χ2v) is 5.96. The topological polar surface area (TPSA) is 45.2 Å². The lowest BCUT2D eigenvalue weighted by atomic mass is 10.1. The number of urea groups is 1. The molecule has 0 spiro atoms. The largest absolute Gasteiger partial charge is 0.325 e. The average Bonchev–Trinajstić information content (AvgIpc) is 2.87. The third-order valence-corrected chi connectivity index (χ3v) is 3.93. The minimum Gasteiger partial charge on any atom is -0.325 e. The van der Waals surface area contributed by atoms with Crippen LogP contribution in [0.1, 0.15) is 13.8 Å². The lowest BCUT2D eigenvalue weighted by Crippen LogP contribution is -2.36. The van der Waals surface area contributed by atoms with Crippen LogP contribution in [0.3, 0.4) is 0 Å². The van der Waals surface area contributed by atoms with E-state index in [-0.39, 0.29) is 12.1 Å². The Morgan fingerprint density at radius 1 is 1.35 bits per heavy atom. The van der Waals surface area contributed by atoms with E-state index in [0.29, 0.717) is 5.02 Å². The Kier molecular flexibility index (Phi) is 4.62. The molecule has 1 aromatic carbocycles. The van der Waals surface area contributed by atoms with E-state index in [1.807, 2.05) is 44.2 Å². The normalized spacial score (nSPS) is 10.7. The number of aromatic nitrogens is 1. The fourth-order valence-corrected chi connectivity index (χ4v) is 2.30. The van der Waals surface area contributed by atoms with Crippen LogP contribution in [0.4, 0.5) is 9.80 Å². The monoisotopic (exact) mass is 309 g/mol. The maximum Gasteiger partial charge on any atom is 0.322 e. The molecule has 1 aromatic heterocycles. The highest BCUT2D eigenvalue weighted by molar-refractivity contribution is 7.10. The number of hydrogen-bond acceptors (Lipinski definition) is 3. The Morgan fingerprint density at radius 2 is 2.00 bits per heavy atom. The van der Waals surface area contributed by atoms with Crippen LogP contribution in [0, 0.1) is 0 Å². The van der Waals surface area contributed by atoms with E-state index >= 15 is 0 Å².